The van der Waals surface area contributed by atoms with Gasteiger partial charge in [-0.2, -0.15) is 0 Å². The molecule has 0 saturated carbocycles. The van der Waals surface area contributed by atoms with Crippen LogP contribution in [0.25, 0.3) is 0 Å². The number of amides is 2. The number of nitrogens with zero attached hydrogens (tertiary/aromatic N) is 2. The molecule has 14 heavy (non-hydrogen) atoms. The maximum atomic E-state index is 11.5. The Hall–Kier alpha value is -1.55. The van der Waals surface area contributed by atoms with Crippen molar-refractivity contribution in [1.82, 2.24) is 9.96 Å². The van der Waals surface area contributed by atoms with Crippen molar-refractivity contribution in [3.8, 4) is 0 Å². The molecule has 4 heteroatoms. The van der Waals surface area contributed by atoms with E-state index in [9.17, 15) is 10.0 Å². The minimum Gasteiger partial charge on any atom is -0.315 e. The highest BCUT2D eigenvalue weighted by atomic mass is 16.5. The van der Waals surface area contributed by atoms with Crippen LogP contribution in [0.3, 0.4) is 0 Å². The first kappa shape index (κ1) is 12.4. The number of hydrogen-bond acceptors (Lipinski definition) is 2. The molecule has 0 rings (SSSR count). The lowest BCUT2D eigenvalue weighted by atomic mass is 10.4. The van der Waals surface area contributed by atoms with Crippen molar-refractivity contribution in [2.45, 2.75) is 0 Å². The van der Waals surface area contributed by atoms with Crippen LogP contribution in [0, 0.1) is 0 Å². The average Bonchev–Trinajstić information content (AvgIpc) is 2.17. The molecule has 0 aromatic heterocycles. The molecule has 0 aromatic rings. The lowest BCUT2D eigenvalue weighted by Crippen LogP contribution is -2.41. The van der Waals surface area contributed by atoms with Gasteiger partial charge >= 0.3 is 6.03 Å². The molecule has 0 spiro atoms. The van der Waals surface area contributed by atoms with Crippen LogP contribution in [0.1, 0.15) is 0 Å². The summed E-state index contributed by atoms with van der Waals surface area (Å²) >= 11 is 0. The van der Waals surface area contributed by atoms with E-state index in [1.165, 1.54) is 11.0 Å². The van der Waals surface area contributed by atoms with E-state index in [2.05, 4.69) is 19.7 Å². The Kier molecular flexibility index (Phi) is 6.15. The standard InChI is InChI=1S/C10H16N2O2/c1-4-7-11(8-5-2)10(13)12(14)9-6-3/h4-6,14H,1-3,7-9H2. The Bertz CT molecular complexity index is 216. The fourth-order valence-electron chi connectivity index (χ4n) is 0.906. The summed E-state index contributed by atoms with van der Waals surface area (Å²) in [6.07, 6.45) is 4.62. The van der Waals surface area contributed by atoms with Gasteiger partial charge in [-0.3, -0.25) is 5.21 Å². The van der Waals surface area contributed by atoms with Gasteiger partial charge < -0.3 is 4.90 Å². The summed E-state index contributed by atoms with van der Waals surface area (Å²) in [4.78, 5) is 12.9. The van der Waals surface area contributed by atoms with Crippen LogP contribution in [0.5, 0.6) is 0 Å². The smallest absolute Gasteiger partial charge is 0.315 e. The van der Waals surface area contributed by atoms with Gasteiger partial charge in [0, 0.05) is 13.1 Å². The normalized spacial score (nSPS) is 8.93. The molecular formula is C10H16N2O2. The first-order valence-electron chi connectivity index (χ1n) is 4.25. The zero-order chi connectivity index (χ0) is 11.0. The second-order valence-corrected chi connectivity index (χ2v) is 2.64. The Morgan fingerprint density at radius 2 is 1.50 bits per heavy atom. The van der Waals surface area contributed by atoms with E-state index < -0.39 is 6.03 Å². The summed E-state index contributed by atoms with van der Waals surface area (Å²) in [7, 11) is 0. The fraction of sp³-hybridized carbons (Fsp3) is 0.300. The van der Waals surface area contributed by atoms with Crippen molar-refractivity contribution in [2.75, 3.05) is 19.6 Å². The van der Waals surface area contributed by atoms with Crippen LogP contribution in [0.15, 0.2) is 38.0 Å². The van der Waals surface area contributed by atoms with Crippen LogP contribution in [0.4, 0.5) is 4.79 Å². The van der Waals surface area contributed by atoms with Crippen LogP contribution in [-0.4, -0.2) is 40.8 Å². The van der Waals surface area contributed by atoms with E-state index in [0.717, 1.165) is 0 Å². The molecule has 0 aliphatic rings. The third-order valence-corrected chi connectivity index (χ3v) is 1.49. The predicted octanol–water partition coefficient (Wildman–Crippen LogP) is 1.66. The summed E-state index contributed by atoms with van der Waals surface area (Å²) in [5.74, 6) is 0. The number of carbonyl (C=O) groups excluding carboxylic acids is 1. The van der Waals surface area contributed by atoms with Crippen molar-refractivity contribution in [3.05, 3.63) is 38.0 Å². The zero-order valence-electron chi connectivity index (χ0n) is 8.22. The van der Waals surface area contributed by atoms with Crippen molar-refractivity contribution >= 4 is 6.03 Å². The third-order valence-electron chi connectivity index (χ3n) is 1.49. The minimum absolute atomic E-state index is 0.101. The zero-order valence-corrected chi connectivity index (χ0v) is 8.22. The van der Waals surface area contributed by atoms with Gasteiger partial charge in [-0.15, -0.1) is 19.7 Å². The van der Waals surface area contributed by atoms with Gasteiger partial charge in [0.15, 0.2) is 0 Å². The van der Waals surface area contributed by atoms with E-state index >= 15 is 0 Å². The van der Waals surface area contributed by atoms with E-state index in [0.29, 0.717) is 18.2 Å². The van der Waals surface area contributed by atoms with Gasteiger partial charge in [-0.25, -0.2) is 9.86 Å². The molecule has 1 N–H and O–H groups in total. The summed E-state index contributed by atoms with van der Waals surface area (Å²) in [5.41, 5.74) is 0. The molecule has 0 saturated heterocycles. The van der Waals surface area contributed by atoms with Gasteiger partial charge in [-0.05, 0) is 0 Å². The highest BCUT2D eigenvalue weighted by Crippen LogP contribution is 1.97. The Labute approximate surface area is 84.4 Å². The summed E-state index contributed by atoms with van der Waals surface area (Å²) in [5, 5.41) is 9.84. The Morgan fingerprint density at radius 1 is 1.07 bits per heavy atom. The molecule has 0 fully saturated rings. The first-order valence-corrected chi connectivity index (χ1v) is 4.25. The molecule has 2 amide bonds. The second-order valence-electron chi connectivity index (χ2n) is 2.64. The number of carbonyl (C=O) groups is 1. The molecule has 0 aliphatic heterocycles. The average molecular weight is 196 g/mol. The highest BCUT2D eigenvalue weighted by molar-refractivity contribution is 5.73. The van der Waals surface area contributed by atoms with Crippen molar-refractivity contribution in [2.24, 2.45) is 0 Å². The summed E-state index contributed by atoms with van der Waals surface area (Å²) < 4.78 is 0. The van der Waals surface area contributed by atoms with Crippen molar-refractivity contribution in [3.63, 3.8) is 0 Å². The topological polar surface area (TPSA) is 43.8 Å². The fourth-order valence-corrected chi connectivity index (χ4v) is 0.906. The van der Waals surface area contributed by atoms with Crippen molar-refractivity contribution in [1.29, 1.82) is 0 Å². The summed E-state index contributed by atoms with van der Waals surface area (Å²) in [6, 6.07) is -0.482. The minimum atomic E-state index is -0.482. The maximum Gasteiger partial charge on any atom is 0.344 e. The van der Waals surface area contributed by atoms with E-state index in [1.807, 2.05) is 0 Å². The van der Waals surface area contributed by atoms with E-state index in [1.54, 1.807) is 12.2 Å². The number of rotatable bonds is 6. The number of hydroxylamine groups is 2. The number of urea groups is 1. The molecule has 0 heterocycles. The molecule has 0 radical (unpaired) electrons. The quantitative estimate of drug-likeness (QED) is 0.399. The van der Waals surface area contributed by atoms with Gasteiger partial charge in [0.2, 0.25) is 0 Å². The SMILES string of the molecule is C=CCN(O)C(=O)N(CC=C)CC=C. The molecule has 0 aliphatic carbocycles. The largest absolute Gasteiger partial charge is 0.344 e. The third kappa shape index (κ3) is 3.91. The monoisotopic (exact) mass is 196 g/mol. The molecule has 0 unspecified atom stereocenters. The van der Waals surface area contributed by atoms with E-state index in [-0.39, 0.29) is 6.54 Å². The van der Waals surface area contributed by atoms with Crippen LogP contribution >= 0.6 is 0 Å². The van der Waals surface area contributed by atoms with Gasteiger partial charge in [0.05, 0.1) is 6.54 Å². The van der Waals surface area contributed by atoms with Gasteiger partial charge in [-0.1, -0.05) is 18.2 Å². The van der Waals surface area contributed by atoms with E-state index in [4.69, 9.17) is 0 Å². The lowest BCUT2D eigenvalue weighted by molar-refractivity contribution is -0.0451. The van der Waals surface area contributed by atoms with Crippen LogP contribution in [-0.2, 0) is 0 Å². The molecule has 0 atom stereocenters. The molecule has 78 valence electrons. The molecular weight excluding hydrogens is 180 g/mol. The predicted molar refractivity (Wildman–Crippen MR) is 56.1 cm³/mol. The lowest BCUT2D eigenvalue weighted by Gasteiger charge is -2.23. The number of hydrogen-bond donors (Lipinski definition) is 1. The second kappa shape index (κ2) is 6.91. The molecule has 0 aromatic carbocycles. The summed E-state index contributed by atoms with van der Waals surface area (Å²) in [6.45, 7) is 11.3. The first-order chi connectivity index (χ1) is 6.67. The Morgan fingerprint density at radius 3 is 1.86 bits per heavy atom. The van der Waals surface area contributed by atoms with Crippen LogP contribution in [0.2, 0.25) is 0 Å². The maximum absolute atomic E-state index is 11.5. The van der Waals surface area contributed by atoms with Crippen molar-refractivity contribution < 1.29 is 10.0 Å². The Balaban J connectivity index is 4.31. The molecule has 0 bridgehead atoms. The van der Waals surface area contributed by atoms with Gasteiger partial charge in [0.25, 0.3) is 0 Å². The molecule has 4 nitrogen and oxygen atoms in total. The highest BCUT2D eigenvalue weighted by Gasteiger charge is 2.15. The van der Waals surface area contributed by atoms with Crippen LogP contribution < -0.4 is 0 Å². The van der Waals surface area contributed by atoms with Gasteiger partial charge in [0.1, 0.15) is 0 Å².